The van der Waals surface area contributed by atoms with Gasteiger partial charge in [0.05, 0.1) is 18.7 Å². The molecule has 7 heteroatoms. The number of ether oxygens (including phenoxy) is 2. The summed E-state index contributed by atoms with van der Waals surface area (Å²) in [5, 5.41) is 2.86. The van der Waals surface area contributed by atoms with E-state index >= 15 is 0 Å². The summed E-state index contributed by atoms with van der Waals surface area (Å²) in [5.41, 5.74) is 1.35. The largest absolute Gasteiger partial charge is 0.493 e. The van der Waals surface area contributed by atoms with Crippen molar-refractivity contribution in [2.24, 2.45) is 0 Å². The summed E-state index contributed by atoms with van der Waals surface area (Å²) < 4.78 is 11.3. The summed E-state index contributed by atoms with van der Waals surface area (Å²) in [7, 11) is 3.94. The Kier molecular flexibility index (Phi) is 6.72. The van der Waals surface area contributed by atoms with Crippen LogP contribution in [0.3, 0.4) is 0 Å². The molecule has 1 aliphatic heterocycles. The third kappa shape index (κ3) is 5.48. The number of anilines is 2. The molecule has 154 valence electrons. The highest BCUT2D eigenvalue weighted by molar-refractivity contribution is 6.00. The molecule has 1 unspecified atom stereocenters. The van der Waals surface area contributed by atoms with E-state index in [1.165, 1.54) is 0 Å². The maximum absolute atomic E-state index is 12.5. The van der Waals surface area contributed by atoms with E-state index in [1.54, 1.807) is 24.0 Å². The monoisotopic (exact) mass is 397 g/mol. The second kappa shape index (κ2) is 9.43. The lowest BCUT2D eigenvalue weighted by Gasteiger charge is -2.34. The van der Waals surface area contributed by atoms with E-state index in [0.29, 0.717) is 24.6 Å². The second-order valence-corrected chi connectivity index (χ2v) is 7.20. The van der Waals surface area contributed by atoms with Crippen LogP contribution in [0.4, 0.5) is 11.4 Å². The van der Waals surface area contributed by atoms with E-state index in [4.69, 9.17) is 9.47 Å². The molecular weight excluding hydrogens is 370 g/mol. The van der Waals surface area contributed by atoms with Gasteiger partial charge in [0, 0.05) is 24.8 Å². The zero-order valence-electron chi connectivity index (χ0n) is 17.1. The minimum atomic E-state index is -0.560. The van der Waals surface area contributed by atoms with Gasteiger partial charge in [0.2, 0.25) is 5.91 Å². The molecule has 1 heterocycles. The Morgan fingerprint density at radius 1 is 1.21 bits per heavy atom. The van der Waals surface area contributed by atoms with Crippen LogP contribution in [0.5, 0.6) is 11.5 Å². The molecule has 0 radical (unpaired) electrons. The number of carbonyl (C=O) groups is 2. The Bertz CT molecular complexity index is 854. The minimum Gasteiger partial charge on any atom is -0.493 e. The number of fused-ring (bicyclic) bond motifs is 1. The van der Waals surface area contributed by atoms with E-state index < -0.39 is 6.10 Å². The first-order valence-corrected chi connectivity index (χ1v) is 9.68. The highest BCUT2D eigenvalue weighted by Crippen LogP contribution is 2.36. The van der Waals surface area contributed by atoms with Crippen LogP contribution in [0.15, 0.2) is 48.5 Å². The van der Waals surface area contributed by atoms with Crippen molar-refractivity contribution in [3.63, 3.8) is 0 Å². The van der Waals surface area contributed by atoms with Crippen LogP contribution >= 0.6 is 0 Å². The molecule has 0 bridgehead atoms. The van der Waals surface area contributed by atoms with Crippen LogP contribution < -0.4 is 19.7 Å². The van der Waals surface area contributed by atoms with Gasteiger partial charge < -0.3 is 24.6 Å². The Balaban J connectivity index is 1.61. The molecule has 3 rings (SSSR count). The fourth-order valence-electron chi connectivity index (χ4n) is 3.02. The number of benzene rings is 2. The standard InChI is InChI=1S/C22H27N3O4/c1-16-22(27)25(13-12-24(2)3)19-10-9-17(15-20(19)29-16)23-21(26)11-14-28-18-7-5-4-6-8-18/h4-10,15-16H,11-14H2,1-3H3,(H,23,26). The van der Waals surface area contributed by atoms with Crippen LogP contribution in [0.1, 0.15) is 13.3 Å². The molecule has 2 aromatic carbocycles. The van der Waals surface area contributed by atoms with Gasteiger partial charge in [-0.25, -0.2) is 0 Å². The fraction of sp³-hybridized carbons (Fsp3) is 0.364. The van der Waals surface area contributed by atoms with Gasteiger partial charge in [0.25, 0.3) is 5.91 Å². The third-order valence-corrected chi connectivity index (χ3v) is 4.56. The van der Waals surface area contributed by atoms with Gasteiger partial charge in [-0.05, 0) is 45.3 Å². The quantitative estimate of drug-likeness (QED) is 0.742. The molecule has 29 heavy (non-hydrogen) atoms. The van der Waals surface area contributed by atoms with Crippen LogP contribution in [0.2, 0.25) is 0 Å². The lowest BCUT2D eigenvalue weighted by atomic mass is 10.1. The molecular formula is C22H27N3O4. The van der Waals surface area contributed by atoms with E-state index in [0.717, 1.165) is 18.0 Å². The van der Waals surface area contributed by atoms with Crippen molar-refractivity contribution in [1.29, 1.82) is 0 Å². The van der Waals surface area contributed by atoms with Gasteiger partial charge in [-0.15, -0.1) is 0 Å². The van der Waals surface area contributed by atoms with Crippen molar-refractivity contribution < 1.29 is 19.1 Å². The van der Waals surface area contributed by atoms with Crippen molar-refractivity contribution in [3.05, 3.63) is 48.5 Å². The molecule has 1 atom stereocenters. The summed E-state index contributed by atoms with van der Waals surface area (Å²) >= 11 is 0. The average molecular weight is 397 g/mol. The smallest absolute Gasteiger partial charge is 0.267 e. The lowest BCUT2D eigenvalue weighted by Crippen LogP contribution is -2.46. The fourth-order valence-corrected chi connectivity index (χ4v) is 3.02. The zero-order valence-corrected chi connectivity index (χ0v) is 17.1. The molecule has 0 aromatic heterocycles. The molecule has 0 saturated heterocycles. The number of likely N-dealkylation sites (N-methyl/N-ethyl adjacent to an activating group) is 1. The van der Waals surface area contributed by atoms with Crippen LogP contribution in [0.25, 0.3) is 0 Å². The number of nitrogens with zero attached hydrogens (tertiary/aromatic N) is 2. The molecule has 2 aromatic rings. The van der Waals surface area contributed by atoms with E-state index in [-0.39, 0.29) is 18.2 Å². The number of rotatable bonds is 8. The van der Waals surface area contributed by atoms with Crippen LogP contribution in [0, 0.1) is 0 Å². The second-order valence-electron chi connectivity index (χ2n) is 7.20. The van der Waals surface area contributed by atoms with Crippen molar-refractivity contribution in [3.8, 4) is 11.5 Å². The van der Waals surface area contributed by atoms with E-state index in [1.807, 2.05) is 55.4 Å². The predicted octanol–water partition coefficient (Wildman–Crippen LogP) is 2.77. The third-order valence-electron chi connectivity index (χ3n) is 4.56. The zero-order chi connectivity index (χ0) is 20.8. The minimum absolute atomic E-state index is 0.0609. The van der Waals surface area contributed by atoms with Gasteiger partial charge in [-0.1, -0.05) is 18.2 Å². The van der Waals surface area contributed by atoms with Gasteiger partial charge in [-0.2, -0.15) is 0 Å². The topological polar surface area (TPSA) is 71.1 Å². The van der Waals surface area contributed by atoms with E-state index in [9.17, 15) is 9.59 Å². The number of para-hydroxylation sites is 1. The van der Waals surface area contributed by atoms with Crippen molar-refractivity contribution in [2.75, 3.05) is 44.0 Å². The molecule has 0 saturated carbocycles. The summed E-state index contributed by atoms with van der Waals surface area (Å²) in [4.78, 5) is 28.5. The van der Waals surface area contributed by atoms with E-state index in [2.05, 4.69) is 5.32 Å². The highest BCUT2D eigenvalue weighted by atomic mass is 16.5. The molecule has 1 N–H and O–H groups in total. The van der Waals surface area contributed by atoms with Crippen LogP contribution in [-0.4, -0.2) is 56.6 Å². The van der Waals surface area contributed by atoms with Gasteiger partial charge >= 0.3 is 0 Å². The first-order chi connectivity index (χ1) is 13.9. The summed E-state index contributed by atoms with van der Waals surface area (Å²) in [6, 6.07) is 14.7. The number of hydrogen-bond donors (Lipinski definition) is 1. The Labute approximate surface area is 171 Å². The maximum atomic E-state index is 12.5. The molecule has 0 fully saturated rings. The Hall–Kier alpha value is -3.06. The van der Waals surface area contributed by atoms with Crippen molar-refractivity contribution >= 4 is 23.2 Å². The number of carbonyl (C=O) groups excluding carboxylic acids is 2. The molecule has 1 aliphatic rings. The van der Waals surface area contributed by atoms with Gasteiger partial charge in [-0.3, -0.25) is 9.59 Å². The first kappa shape index (κ1) is 20.7. The summed E-state index contributed by atoms with van der Waals surface area (Å²) in [6.45, 7) is 3.36. The Morgan fingerprint density at radius 2 is 1.97 bits per heavy atom. The normalized spacial score (nSPS) is 15.7. The number of hydrogen-bond acceptors (Lipinski definition) is 5. The average Bonchev–Trinajstić information content (AvgIpc) is 2.69. The van der Waals surface area contributed by atoms with Gasteiger partial charge in [0.1, 0.15) is 11.5 Å². The van der Waals surface area contributed by atoms with Crippen LogP contribution in [-0.2, 0) is 9.59 Å². The SMILES string of the molecule is CC1Oc2cc(NC(=O)CCOc3ccccc3)ccc2N(CCN(C)C)C1=O. The predicted molar refractivity (Wildman–Crippen MR) is 113 cm³/mol. The lowest BCUT2D eigenvalue weighted by molar-refractivity contribution is -0.125. The molecule has 2 amide bonds. The van der Waals surface area contributed by atoms with Gasteiger partial charge in [0.15, 0.2) is 6.10 Å². The number of nitrogens with one attached hydrogen (secondary N) is 1. The van der Waals surface area contributed by atoms with Crippen molar-refractivity contribution in [1.82, 2.24) is 4.90 Å². The summed E-state index contributed by atoms with van der Waals surface area (Å²) in [5.74, 6) is 1.12. The van der Waals surface area contributed by atoms with Crippen molar-refractivity contribution in [2.45, 2.75) is 19.4 Å². The number of amides is 2. The highest BCUT2D eigenvalue weighted by Gasteiger charge is 2.31. The molecule has 0 aliphatic carbocycles. The maximum Gasteiger partial charge on any atom is 0.267 e. The molecule has 7 nitrogen and oxygen atoms in total. The first-order valence-electron chi connectivity index (χ1n) is 9.68. The molecule has 0 spiro atoms. The Morgan fingerprint density at radius 3 is 2.69 bits per heavy atom. The summed E-state index contributed by atoms with van der Waals surface area (Å²) in [6.07, 6.45) is -0.327.